The minimum atomic E-state index is -3.88. The van der Waals surface area contributed by atoms with Crippen molar-refractivity contribution in [2.24, 2.45) is 0 Å². The lowest BCUT2D eigenvalue weighted by atomic mass is 10.2. The molecule has 1 fully saturated rings. The monoisotopic (exact) mass is 467 g/mol. The Labute approximate surface area is 182 Å². The Balaban J connectivity index is 1.62. The number of amides is 1. The van der Waals surface area contributed by atoms with Gasteiger partial charge in [-0.3, -0.25) is 9.52 Å². The third kappa shape index (κ3) is 6.26. The molecule has 1 amide bonds. The minimum Gasteiger partial charge on any atom is -0.379 e. The third-order valence-corrected chi connectivity index (χ3v) is 7.97. The van der Waals surface area contributed by atoms with E-state index in [1.54, 1.807) is 24.3 Å². The largest absolute Gasteiger partial charge is 0.379 e. The molecule has 1 aliphatic rings. The van der Waals surface area contributed by atoms with E-state index >= 15 is 0 Å². The molecule has 3 rings (SSSR count). The molecule has 1 saturated heterocycles. The Morgan fingerprint density at radius 2 is 1.71 bits per heavy atom. The van der Waals surface area contributed by atoms with Crippen molar-refractivity contribution in [1.82, 2.24) is 9.62 Å². The van der Waals surface area contributed by atoms with Crippen LogP contribution in [-0.2, 0) is 24.8 Å². The number of hydrogen-bond acceptors (Lipinski definition) is 6. The molecule has 0 aliphatic carbocycles. The van der Waals surface area contributed by atoms with Crippen molar-refractivity contribution in [2.45, 2.75) is 11.8 Å². The summed E-state index contributed by atoms with van der Waals surface area (Å²) in [6.45, 7) is 3.10. The summed E-state index contributed by atoms with van der Waals surface area (Å²) in [6, 6.07) is 12.4. The van der Waals surface area contributed by atoms with Crippen molar-refractivity contribution in [3.05, 3.63) is 59.7 Å². The van der Waals surface area contributed by atoms with Crippen molar-refractivity contribution >= 4 is 31.6 Å². The number of morpholine rings is 1. The van der Waals surface area contributed by atoms with E-state index in [9.17, 15) is 21.6 Å². The second-order valence-electron chi connectivity index (χ2n) is 7.08. The van der Waals surface area contributed by atoms with Gasteiger partial charge in [0.05, 0.1) is 23.9 Å². The van der Waals surface area contributed by atoms with Gasteiger partial charge in [-0.05, 0) is 37.3 Å². The van der Waals surface area contributed by atoms with Crippen molar-refractivity contribution in [2.75, 3.05) is 43.3 Å². The fourth-order valence-electron chi connectivity index (χ4n) is 2.99. The van der Waals surface area contributed by atoms with Crippen LogP contribution in [0.15, 0.2) is 53.4 Å². The van der Waals surface area contributed by atoms with E-state index in [-0.39, 0.29) is 22.8 Å². The van der Waals surface area contributed by atoms with Crippen molar-refractivity contribution < 1.29 is 26.4 Å². The maximum absolute atomic E-state index is 12.6. The molecule has 1 aliphatic heterocycles. The molecular weight excluding hydrogens is 442 g/mol. The van der Waals surface area contributed by atoms with Crippen LogP contribution in [-0.4, -0.2) is 65.6 Å². The molecule has 0 spiro atoms. The number of benzene rings is 2. The zero-order valence-electron chi connectivity index (χ0n) is 17.1. The summed E-state index contributed by atoms with van der Waals surface area (Å²) in [7, 11) is -7.38. The van der Waals surface area contributed by atoms with Gasteiger partial charge in [0.15, 0.2) is 0 Å². The van der Waals surface area contributed by atoms with Gasteiger partial charge in [-0.1, -0.05) is 23.8 Å². The number of rotatable bonds is 8. The highest BCUT2D eigenvalue weighted by Gasteiger charge is 2.24. The highest BCUT2D eigenvalue weighted by molar-refractivity contribution is 7.92. The Morgan fingerprint density at radius 3 is 2.39 bits per heavy atom. The van der Waals surface area contributed by atoms with E-state index in [0.717, 1.165) is 5.56 Å². The lowest BCUT2D eigenvalue weighted by Gasteiger charge is -2.26. The van der Waals surface area contributed by atoms with Crippen LogP contribution >= 0.6 is 0 Å². The molecule has 168 valence electrons. The fraction of sp³-hybridized carbons (Fsp3) is 0.350. The van der Waals surface area contributed by atoms with Gasteiger partial charge in [0.2, 0.25) is 10.0 Å². The average molecular weight is 468 g/mol. The van der Waals surface area contributed by atoms with Gasteiger partial charge < -0.3 is 10.1 Å². The van der Waals surface area contributed by atoms with Crippen LogP contribution in [0.2, 0.25) is 0 Å². The summed E-state index contributed by atoms with van der Waals surface area (Å²) < 4.78 is 58.9. The standard InChI is InChI=1S/C20H25N3O6S2/c1-16-5-7-18(8-6-16)22-31(27,28)19-4-2-3-17(15-19)20(24)21-9-14-30(25,26)23-10-12-29-13-11-23/h2-8,15,22H,9-14H2,1H3,(H,21,24). The SMILES string of the molecule is Cc1ccc(NS(=O)(=O)c2cccc(C(=O)NCCS(=O)(=O)N3CCOCC3)c2)cc1. The van der Waals surface area contributed by atoms with Crippen LogP contribution in [0, 0.1) is 6.92 Å². The normalized spacial score (nSPS) is 15.4. The number of nitrogens with zero attached hydrogens (tertiary/aromatic N) is 1. The van der Waals surface area contributed by atoms with Crippen LogP contribution < -0.4 is 10.0 Å². The number of anilines is 1. The summed E-state index contributed by atoms with van der Waals surface area (Å²) in [5.74, 6) is -0.796. The van der Waals surface area contributed by atoms with E-state index < -0.39 is 26.0 Å². The zero-order valence-corrected chi connectivity index (χ0v) is 18.7. The predicted molar refractivity (Wildman–Crippen MR) is 117 cm³/mol. The van der Waals surface area contributed by atoms with E-state index in [0.29, 0.717) is 32.0 Å². The Kier molecular flexibility index (Phi) is 7.31. The van der Waals surface area contributed by atoms with Crippen LogP contribution in [0.3, 0.4) is 0 Å². The van der Waals surface area contributed by atoms with Gasteiger partial charge in [0, 0.05) is 30.9 Å². The zero-order chi connectivity index (χ0) is 22.5. The van der Waals surface area contributed by atoms with Crippen LogP contribution in [0.4, 0.5) is 5.69 Å². The maximum atomic E-state index is 12.6. The molecule has 0 unspecified atom stereocenters. The Morgan fingerprint density at radius 1 is 1.03 bits per heavy atom. The highest BCUT2D eigenvalue weighted by Crippen LogP contribution is 2.18. The van der Waals surface area contributed by atoms with E-state index in [1.807, 2.05) is 6.92 Å². The Hall–Kier alpha value is -2.47. The second-order valence-corrected chi connectivity index (χ2v) is 10.9. The quantitative estimate of drug-likeness (QED) is 0.601. The van der Waals surface area contributed by atoms with E-state index in [2.05, 4.69) is 10.0 Å². The number of carbonyl (C=O) groups is 1. The van der Waals surface area contributed by atoms with E-state index in [4.69, 9.17) is 4.74 Å². The lowest BCUT2D eigenvalue weighted by Crippen LogP contribution is -2.43. The molecule has 2 aromatic rings. The van der Waals surface area contributed by atoms with Crippen molar-refractivity contribution in [3.63, 3.8) is 0 Å². The molecule has 2 aromatic carbocycles. The molecule has 0 atom stereocenters. The summed E-state index contributed by atoms with van der Waals surface area (Å²) in [5.41, 5.74) is 1.53. The highest BCUT2D eigenvalue weighted by atomic mass is 32.2. The molecule has 9 nitrogen and oxygen atoms in total. The summed E-state index contributed by atoms with van der Waals surface area (Å²) in [4.78, 5) is 12.4. The van der Waals surface area contributed by atoms with Gasteiger partial charge in [-0.15, -0.1) is 0 Å². The molecule has 0 saturated carbocycles. The number of carbonyl (C=O) groups excluding carboxylic acids is 1. The molecule has 2 N–H and O–H groups in total. The molecular formula is C20H25N3O6S2. The van der Waals surface area contributed by atoms with Gasteiger partial charge in [0.1, 0.15) is 0 Å². The first kappa shape index (κ1) is 23.2. The molecule has 31 heavy (non-hydrogen) atoms. The fourth-order valence-corrected chi connectivity index (χ4v) is 5.42. The van der Waals surface area contributed by atoms with Gasteiger partial charge in [-0.2, -0.15) is 4.31 Å². The third-order valence-electron chi connectivity index (χ3n) is 4.72. The van der Waals surface area contributed by atoms with Gasteiger partial charge in [0.25, 0.3) is 15.9 Å². The molecule has 0 radical (unpaired) electrons. The van der Waals surface area contributed by atoms with Crippen LogP contribution in [0.1, 0.15) is 15.9 Å². The Bertz CT molecular complexity index is 1130. The number of sulfonamides is 2. The maximum Gasteiger partial charge on any atom is 0.261 e. The molecule has 0 aromatic heterocycles. The lowest BCUT2D eigenvalue weighted by molar-refractivity contribution is 0.0730. The first-order valence-corrected chi connectivity index (χ1v) is 12.8. The topological polar surface area (TPSA) is 122 Å². The number of ether oxygens (including phenoxy) is 1. The van der Waals surface area contributed by atoms with Crippen LogP contribution in [0.5, 0.6) is 0 Å². The number of nitrogens with one attached hydrogen (secondary N) is 2. The van der Waals surface area contributed by atoms with Gasteiger partial charge >= 0.3 is 0 Å². The van der Waals surface area contributed by atoms with Crippen molar-refractivity contribution in [1.29, 1.82) is 0 Å². The number of aryl methyl sites for hydroxylation is 1. The smallest absolute Gasteiger partial charge is 0.261 e. The van der Waals surface area contributed by atoms with E-state index in [1.165, 1.54) is 28.6 Å². The molecule has 1 heterocycles. The number of hydrogen-bond donors (Lipinski definition) is 2. The first-order valence-electron chi connectivity index (χ1n) is 9.71. The van der Waals surface area contributed by atoms with Crippen molar-refractivity contribution in [3.8, 4) is 0 Å². The summed E-state index contributed by atoms with van der Waals surface area (Å²) >= 11 is 0. The second kappa shape index (κ2) is 9.77. The van der Waals surface area contributed by atoms with Crippen LogP contribution in [0.25, 0.3) is 0 Å². The predicted octanol–water partition coefficient (Wildman–Crippen LogP) is 1.19. The average Bonchev–Trinajstić information content (AvgIpc) is 2.76. The summed E-state index contributed by atoms with van der Waals surface area (Å²) in [6.07, 6.45) is 0. The minimum absolute atomic E-state index is 0.0679. The molecule has 0 bridgehead atoms. The molecule has 11 heteroatoms. The van der Waals surface area contributed by atoms with Gasteiger partial charge in [-0.25, -0.2) is 16.8 Å². The summed E-state index contributed by atoms with van der Waals surface area (Å²) in [5, 5.41) is 2.54. The first-order chi connectivity index (χ1) is 14.7.